The predicted octanol–water partition coefficient (Wildman–Crippen LogP) is 3.41. The van der Waals surface area contributed by atoms with Gasteiger partial charge in [-0.1, -0.05) is 36.4 Å². The van der Waals surface area contributed by atoms with Crippen LogP contribution in [-0.4, -0.2) is 79.5 Å². The van der Waals surface area contributed by atoms with Crippen LogP contribution in [0.25, 0.3) is 0 Å². The molecule has 9 nitrogen and oxygen atoms in total. The van der Waals surface area contributed by atoms with Crippen LogP contribution in [0.1, 0.15) is 50.4 Å². The fraction of sp³-hybridized carbons (Fsp3) is 0.500. The molecule has 2 amide bonds. The van der Waals surface area contributed by atoms with E-state index in [0.29, 0.717) is 49.5 Å². The Kier molecular flexibility index (Phi) is 9.92. The molecule has 0 saturated heterocycles. The van der Waals surface area contributed by atoms with Crippen LogP contribution in [0.15, 0.2) is 48.5 Å². The van der Waals surface area contributed by atoms with Gasteiger partial charge in [-0.2, -0.15) is 4.31 Å². The molecule has 1 unspecified atom stereocenters. The lowest BCUT2D eigenvalue weighted by Gasteiger charge is -2.37. The van der Waals surface area contributed by atoms with Crippen LogP contribution < -0.4 is 10.1 Å². The summed E-state index contributed by atoms with van der Waals surface area (Å²) in [6, 6.07) is 14.7. The molecular formula is C28H40N4O5S. The second-order valence-corrected chi connectivity index (χ2v) is 12.3. The third kappa shape index (κ3) is 6.92. The zero-order chi connectivity index (χ0) is 28.0. The number of benzene rings is 2. The molecule has 10 heteroatoms. The van der Waals surface area contributed by atoms with E-state index < -0.39 is 27.2 Å². The van der Waals surface area contributed by atoms with Crippen molar-refractivity contribution in [1.82, 2.24) is 19.4 Å². The van der Waals surface area contributed by atoms with Crippen LogP contribution in [0, 0.1) is 0 Å². The number of amides is 2. The van der Waals surface area contributed by atoms with Crippen molar-refractivity contribution in [2.45, 2.75) is 58.8 Å². The summed E-state index contributed by atoms with van der Waals surface area (Å²) >= 11 is 0. The maximum Gasteiger partial charge on any atom is 0.355 e. The lowest BCUT2D eigenvalue weighted by Crippen LogP contribution is -2.51. The molecule has 1 atom stereocenters. The molecule has 0 aromatic heterocycles. The van der Waals surface area contributed by atoms with Crippen molar-refractivity contribution in [3.63, 3.8) is 0 Å². The van der Waals surface area contributed by atoms with Gasteiger partial charge in [0.15, 0.2) is 0 Å². The van der Waals surface area contributed by atoms with Crippen molar-refractivity contribution in [2.24, 2.45) is 0 Å². The molecule has 2 aromatic rings. The Morgan fingerprint density at radius 1 is 1.05 bits per heavy atom. The fourth-order valence-corrected chi connectivity index (χ4v) is 5.54. The van der Waals surface area contributed by atoms with E-state index in [1.807, 2.05) is 36.4 Å². The molecule has 208 valence electrons. The van der Waals surface area contributed by atoms with Gasteiger partial charge in [0.05, 0.1) is 0 Å². The predicted molar refractivity (Wildman–Crippen MR) is 148 cm³/mol. The summed E-state index contributed by atoms with van der Waals surface area (Å²) in [7, 11) is -1.62. The van der Waals surface area contributed by atoms with Crippen molar-refractivity contribution in [3.05, 3.63) is 65.2 Å². The molecule has 1 aliphatic heterocycles. The first-order valence-corrected chi connectivity index (χ1v) is 14.4. The topological polar surface area (TPSA) is 99.3 Å². The summed E-state index contributed by atoms with van der Waals surface area (Å²) in [6.45, 7) is 9.91. The Balaban J connectivity index is 1.85. The lowest BCUT2D eigenvalue weighted by atomic mass is 9.92. The Morgan fingerprint density at radius 2 is 1.71 bits per heavy atom. The molecule has 0 radical (unpaired) electrons. The minimum Gasteiger partial charge on any atom is -0.489 e. The Bertz CT molecular complexity index is 1210. The van der Waals surface area contributed by atoms with Gasteiger partial charge < -0.3 is 15.0 Å². The number of nitrogens with zero attached hydrogens (tertiary/aromatic N) is 3. The lowest BCUT2D eigenvalue weighted by molar-refractivity contribution is -0.126. The molecule has 0 bridgehead atoms. The van der Waals surface area contributed by atoms with E-state index >= 15 is 0 Å². The summed E-state index contributed by atoms with van der Waals surface area (Å²) in [4.78, 5) is 30.1. The normalized spacial score (nSPS) is 15.7. The third-order valence-electron chi connectivity index (χ3n) is 6.77. The minimum absolute atomic E-state index is 0.100. The van der Waals surface area contributed by atoms with E-state index in [0.717, 1.165) is 15.4 Å². The molecule has 1 aliphatic rings. The van der Waals surface area contributed by atoms with Gasteiger partial charge in [0.25, 0.3) is 10.0 Å². The number of sulfonamides is 1. The van der Waals surface area contributed by atoms with Crippen LogP contribution in [0.3, 0.4) is 0 Å². The molecule has 0 saturated carbocycles. The van der Waals surface area contributed by atoms with E-state index in [-0.39, 0.29) is 6.54 Å². The average molecular weight is 545 g/mol. The quantitative estimate of drug-likeness (QED) is 0.492. The van der Waals surface area contributed by atoms with Gasteiger partial charge in [0, 0.05) is 45.8 Å². The van der Waals surface area contributed by atoms with Gasteiger partial charge in [-0.05, 0) is 62.9 Å². The molecule has 1 heterocycles. The van der Waals surface area contributed by atoms with Crippen molar-refractivity contribution >= 4 is 21.2 Å². The number of fused-ring (bicyclic) bond motifs is 1. The molecule has 0 fully saturated rings. The van der Waals surface area contributed by atoms with Gasteiger partial charge in [-0.15, -0.1) is 0 Å². The van der Waals surface area contributed by atoms with E-state index in [9.17, 15) is 18.0 Å². The van der Waals surface area contributed by atoms with E-state index in [1.54, 1.807) is 12.1 Å². The van der Waals surface area contributed by atoms with Crippen molar-refractivity contribution in [2.75, 3.05) is 33.7 Å². The molecule has 1 N–H and O–H groups in total. The Morgan fingerprint density at radius 3 is 2.32 bits per heavy atom. The van der Waals surface area contributed by atoms with E-state index in [2.05, 4.69) is 37.9 Å². The molecule has 0 aliphatic carbocycles. The van der Waals surface area contributed by atoms with Gasteiger partial charge >= 0.3 is 5.24 Å². The first-order chi connectivity index (χ1) is 17.9. The first kappa shape index (κ1) is 29.6. The highest BCUT2D eigenvalue weighted by Crippen LogP contribution is 2.34. The molecule has 3 rings (SSSR count). The minimum atomic E-state index is -4.24. The Hall–Kier alpha value is -2.95. The zero-order valence-corrected chi connectivity index (χ0v) is 24.0. The molecular weight excluding hydrogens is 504 g/mol. The summed E-state index contributed by atoms with van der Waals surface area (Å²) in [5.74, 6) is 0.246. The zero-order valence-electron chi connectivity index (χ0n) is 23.2. The van der Waals surface area contributed by atoms with Gasteiger partial charge in [-0.3, -0.25) is 14.5 Å². The molecule has 0 spiro atoms. The SMILES string of the molecule is CC(C)N(CCNC(=O)C1c2ccc(OCc3ccccc3)cc2CCN1C(=O)S(=O)(=O)N(C)C)C(C)C. The molecule has 38 heavy (non-hydrogen) atoms. The summed E-state index contributed by atoms with van der Waals surface area (Å²) in [6.07, 6.45) is 0.408. The van der Waals surface area contributed by atoms with E-state index in [4.69, 9.17) is 4.74 Å². The fourth-order valence-electron chi connectivity index (χ4n) is 4.74. The van der Waals surface area contributed by atoms with Gasteiger partial charge in [-0.25, -0.2) is 8.42 Å². The maximum atomic E-state index is 13.5. The van der Waals surface area contributed by atoms with Crippen LogP contribution in [-0.2, 0) is 27.8 Å². The summed E-state index contributed by atoms with van der Waals surface area (Å²) < 4.78 is 32.3. The largest absolute Gasteiger partial charge is 0.489 e. The van der Waals surface area contributed by atoms with Crippen molar-refractivity contribution in [1.29, 1.82) is 0 Å². The number of ether oxygens (including phenoxy) is 1. The highest BCUT2D eigenvalue weighted by molar-refractivity contribution is 8.03. The van der Waals surface area contributed by atoms with E-state index in [1.165, 1.54) is 19.0 Å². The number of carbonyl (C=O) groups excluding carboxylic acids is 2. The number of carbonyl (C=O) groups is 2. The number of hydrogen-bond acceptors (Lipinski definition) is 6. The van der Waals surface area contributed by atoms with Crippen molar-refractivity contribution in [3.8, 4) is 5.75 Å². The maximum absolute atomic E-state index is 13.5. The van der Waals surface area contributed by atoms with Crippen LogP contribution >= 0.6 is 0 Å². The third-order valence-corrected chi connectivity index (χ3v) is 8.41. The first-order valence-electron chi connectivity index (χ1n) is 13.0. The monoisotopic (exact) mass is 544 g/mol. The number of hydrogen-bond donors (Lipinski definition) is 1. The second-order valence-electron chi connectivity index (χ2n) is 10.3. The van der Waals surface area contributed by atoms with Crippen LogP contribution in [0.5, 0.6) is 5.75 Å². The highest BCUT2D eigenvalue weighted by Gasteiger charge is 2.41. The summed E-state index contributed by atoms with van der Waals surface area (Å²) in [5.41, 5.74) is 2.49. The Labute approximate surface area is 226 Å². The smallest absolute Gasteiger partial charge is 0.355 e. The van der Waals surface area contributed by atoms with Crippen LogP contribution in [0.2, 0.25) is 0 Å². The standard InChI is InChI=1S/C28H40N4O5S/c1-20(2)31(21(3)4)17-15-29-27(33)26-25-13-12-24(37-19-22-10-8-7-9-11-22)18-23(25)14-16-32(26)28(34)38(35,36)30(5)6/h7-13,18,20-21,26H,14-17,19H2,1-6H3,(H,29,33). The second kappa shape index (κ2) is 12.7. The van der Waals surface area contributed by atoms with Crippen LogP contribution in [0.4, 0.5) is 4.79 Å². The highest BCUT2D eigenvalue weighted by atomic mass is 32.2. The number of nitrogens with one attached hydrogen (secondary N) is 1. The average Bonchev–Trinajstić information content (AvgIpc) is 2.88. The van der Waals surface area contributed by atoms with Gasteiger partial charge in [0.2, 0.25) is 5.91 Å². The summed E-state index contributed by atoms with van der Waals surface area (Å²) in [5, 5.41) is 1.87. The van der Waals surface area contributed by atoms with Crippen molar-refractivity contribution < 1.29 is 22.7 Å². The molecule has 2 aromatic carbocycles. The number of rotatable bonds is 10. The van der Waals surface area contributed by atoms with Gasteiger partial charge in [0.1, 0.15) is 18.4 Å².